The number of nitrogens with one attached hydrogen (secondary N) is 1. The number of nitrogen functional groups attached to an aromatic ring is 1. The van der Waals surface area contributed by atoms with Crippen LogP contribution in [0.15, 0.2) is 48.8 Å². The van der Waals surface area contributed by atoms with Crippen LogP contribution in [0.25, 0.3) is 16.7 Å². The highest BCUT2D eigenvalue weighted by Crippen LogP contribution is 2.36. The number of nitrogens with zero attached hydrogens (tertiary/aromatic N) is 3. The van der Waals surface area contributed by atoms with E-state index in [1.807, 2.05) is 24.3 Å². The van der Waals surface area contributed by atoms with Crippen LogP contribution in [0, 0.1) is 5.82 Å². The Hall–Kier alpha value is -3.94. The molecule has 0 atom stereocenters. The molecule has 1 aliphatic carbocycles. The lowest BCUT2D eigenvalue weighted by Gasteiger charge is -2.12. The SMILES string of the molecule is COc1ccc(CC(=O)Nc2ccc(-n3c4c(c5ncnc(N)c53)CCC4)cc2)c(F)c1. The largest absolute Gasteiger partial charge is 0.497 e. The van der Waals surface area contributed by atoms with Crippen LogP contribution in [0.2, 0.25) is 0 Å². The summed E-state index contributed by atoms with van der Waals surface area (Å²) in [6.07, 6.45) is 4.45. The van der Waals surface area contributed by atoms with Gasteiger partial charge in [0.05, 0.1) is 19.0 Å². The van der Waals surface area contributed by atoms with E-state index in [9.17, 15) is 9.18 Å². The zero-order chi connectivity index (χ0) is 22.2. The summed E-state index contributed by atoms with van der Waals surface area (Å²) in [5.74, 6) is 0.0929. The van der Waals surface area contributed by atoms with Crippen LogP contribution in [0.1, 0.15) is 23.2 Å². The number of rotatable bonds is 5. The molecular weight excluding hydrogens is 409 g/mol. The van der Waals surface area contributed by atoms with Crippen molar-refractivity contribution in [1.29, 1.82) is 0 Å². The number of carbonyl (C=O) groups is 1. The van der Waals surface area contributed by atoms with Gasteiger partial charge >= 0.3 is 0 Å². The number of aromatic nitrogens is 3. The molecule has 4 aromatic rings. The van der Waals surface area contributed by atoms with Crippen molar-refractivity contribution in [2.24, 2.45) is 0 Å². The van der Waals surface area contributed by atoms with Gasteiger partial charge in [0, 0.05) is 23.1 Å². The first-order valence-corrected chi connectivity index (χ1v) is 10.4. The van der Waals surface area contributed by atoms with Crippen LogP contribution in [-0.2, 0) is 24.1 Å². The van der Waals surface area contributed by atoms with Crippen LogP contribution < -0.4 is 15.8 Å². The van der Waals surface area contributed by atoms with E-state index in [1.165, 1.54) is 30.8 Å². The average molecular weight is 431 g/mol. The van der Waals surface area contributed by atoms with Crippen LogP contribution in [0.5, 0.6) is 5.75 Å². The number of carbonyl (C=O) groups excluding carboxylic acids is 1. The van der Waals surface area contributed by atoms with Gasteiger partial charge in [-0.1, -0.05) is 6.07 Å². The van der Waals surface area contributed by atoms with Gasteiger partial charge in [0.25, 0.3) is 0 Å². The van der Waals surface area contributed by atoms with E-state index < -0.39 is 5.82 Å². The van der Waals surface area contributed by atoms with Crippen LogP contribution in [0.3, 0.4) is 0 Å². The number of fused-ring (bicyclic) bond motifs is 3. The van der Waals surface area contributed by atoms with Gasteiger partial charge in [0.15, 0.2) is 5.82 Å². The molecule has 0 bridgehead atoms. The molecule has 5 rings (SSSR count). The topological polar surface area (TPSA) is 95.1 Å². The fourth-order valence-corrected chi connectivity index (χ4v) is 4.35. The molecule has 162 valence electrons. The average Bonchev–Trinajstić information content (AvgIpc) is 3.38. The lowest BCUT2D eigenvalue weighted by molar-refractivity contribution is -0.115. The third-order valence-electron chi connectivity index (χ3n) is 5.84. The van der Waals surface area contributed by atoms with Crippen molar-refractivity contribution in [3.05, 3.63) is 71.4 Å². The summed E-state index contributed by atoms with van der Waals surface area (Å²) in [5, 5.41) is 2.82. The molecule has 0 unspecified atom stereocenters. The third-order valence-corrected chi connectivity index (χ3v) is 5.84. The Morgan fingerprint density at radius 1 is 1.19 bits per heavy atom. The van der Waals surface area contributed by atoms with Gasteiger partial charge in [-0.2, -0.15) is 0 Å². The van der Waals surface area contributed by atoms with E-state index in [4.69, 9.17) is 10.5 Å². The second kappa shape index (κ2) is 7.96. The Labute approximate surface area is 184 Å². The standard InChI is InChI=1S/C24H22FN5O2/c1-32-17-10-5-14(19(25)12-17)11-21(31)29-15-6-8-16(9-7-15)30-20-4-2-3-18(20)22-23(30)24(26)28-13-27-22/h5-10,12-13H,2-4,11H2,1H3,(H,29,31)(H2,26,27,28). The Bertz CT molecular complexity index is 1330. The van der Waals surface area contributed by atoms with Crippen molar-refractivity contribution in [2.45, 2.75) is 25.7 Å². The molecule has 3 N–H and O–H groups in total. The number of hydrogen-bond donors (Lipinski definition) is 2. The van der Waals surface area contributed by atoms with Gasteiger partial charge in [-0.05, 0) is 60.7 Å². The quantitative estimate of drug-likeness (QED) is 0.501. The maximum atomic E-state index is 14.1. The fraction of sp³-hybridized carbons (Fsp3) is 0.208. The zero-order valence-electron chi connectivity index (χ0n) is 17.6. The first kappa shape index (κ1) is 20.0. The molecule has 1 aliphatic rings. The number of halogens is 1. The van der Waals surface area contributed by atoms with Crippen molar-refractivity contribution in [3.8, 4) is 11.4 Å². The van der Waals surface area contributed by atoms with Gasteiger partial charge in [-0.3, -0.25) is 4.79 Å². The first-order valence-electron chi connectivity index (χ1n) is 10.4. The molecule has 0 saturated heterocycles. The molecule has 7 nitrogen and oxygen atoms in total. The van der Waals surface area contributed by atoms with E-state index in [0.29, 0.717) is 22.8 Å². The lowest BCUT2D eigenvalue weighted by Crippen LogP contribution is -2.15. The summed E-state index contributed by atoms with van der Waals surface area (Å²) < 4.78 is 21.2. The summed E-state index contributed by atoms with van der Waals surface area (Å²) in [6.45, 7) is 0. The summed E-state index contributed by atoms with van der Waals surface area (Å²) in [7, 11) is 1.47. The van der Waals surface area contributed by atoms with Gasteiger partial charge in [0.2, 0.25) is 5.91 Å². The van der Waals surface area contributed by atoms with Crippen LogP contribution in [-0.4, -0.2) is 27.6 Å². The van der Waals surface area contributed by atoms with E-state index >= 15 is 0 Å². The monoisotopic (exact) mass is 431 g/mol. The highest BCUT2D eigenvalue weighted by molar-refractivity contribution is 5.93. The number of anilines is 2. The third kappa shape index (κ3) is 3.43. The molecule has 0 aliphatic heterocycles. The van der Waals surface area contributed by atoms with E-state index in [0.717, 1.165) is 36.0 Å². The van der Waals surface area contributed by atoms with Crippen LogP contribution >= 0.6 is 0 Å². The maximum absolute atomic E-state index is 14.1. The molecule has 0 radical (unpaired) electrons. The predicted molar refractivity (Wildman–Crippen MR) is 121 cm³/mol. The Kier molecular flexibility index (Phi) is 4.97. The smallest absolute Gasteiger partial charge is 0.228 e. The molecule has 32 heavy (non-hydrogen) atoms. The number of benzene rings is 2. The molecule has 8 heteroatoms. The lowest BCUT2D eigenvalue weighted by atomic mass is 10.1. The number of aryl methyl sites for hydroxylation is 1. The minimum atomic E-state index is -0.469. The van der Waals surface area contributed by atoms with Crippen molar-refractivity contribution >= 4 is 28.4 Å². The van der Waals surface area contributed by atoms with Crippen molar-refractivity contribution in [3.63, 3.8) is 0 Å². The van der Waals surface area contributed by atoms with Gasteiger partial charge < -0.3 is 20.4 Å². The van der Waals surface area contributed by atoms with E-state index in [2.05, 4.69) is 19.9 Å². The van der Waals surface area contributed by atoms with Gasteiger partial charge in [0.1, 0.15) is 23.4 Å². The van der Waals surface area contributed by atoms with E-state index in [-0.39, 0.29) is 12.3 Å². The molecule has 0 saturated carbocycles. The summed E-state index contributed by atoms with van der Waals surface area (Å²) in [4.78, 5) is 21.1. The molecular formula is C24H22FN5O2. The number of amides is 1. The molecule has 1 amide bonds. The zero-order valence-corrected chi connectivity index (χ0v) is 17.6. The van der Waals surface area contributed by atoms with Gasteiger partial charge in [-0.15, -0.1) is 0 Å². The number of nitrogens with two attached hydrogens (primary N) is 1. The minimum absolute atomic E-state index is 0.0683. The number of methoxy groups -OCH3 is 1. The second-order valence-corrected chi connectivity index (χ2v) is 7.80. The van der Waals surface area contributed by atoms with Crippen molar-refractivity contribution in [1.82, 2.24) is 14.5 Å². The molecule has 2 aromatic heterocycles. The minimum Gasteiger partial charge on any atom is -0.497 e. The van der Waals surface area contributed by atoms with Crippen molar-refractivity contribution < 1.29 is 13.9 Å². The number of hydrogen-bond acceptors (Lipinski definition) is 5. The molecule has 2 heterocycles. The molecule has 0 spiro atoms. The Balaban J connectivity index is 1.38. The Morgan fingerprint density at radius 3 is 2.75 bits per heavy atom. The fourth-order valence-electron chi connectivity index (χ4n) is 4.35. The summed E-state index contributed by atoms with van der Waals surface area (Å²) in [5.41, 5.74) is 12.2. The summed E-state index contributed by atoms with van der Waals surface area (Å²) >= 11 is 0. The normalized spacial score (nSPS) is 12.7. The number of ether oxygens (including phenoxy) is 1. The van der Waals surface area contributed by atoms with E-state index in [1.54, 1.807) is 12.1 Å². The molecule has 2 aromatic carbocycles. The molecule has 0 fully saturated rings. The highest BCUT2D eigenvalue weighted by atomic mass is 19.1. The second-order valence-electron chi connectivity index (χ2n) is 7.80. The Morgan fingerprint density at radius 2 is 2.00 bits per heavy atom. The predicted octanol–water partition coefficient (Wildman–Crippen LogP) is 3.82. The van der Waals surface area contributed by atoms with Gasteiger partial charge in [-0.25, -0.2) is 14.4 Å². The first-order chi connectivity index (χ1) is 15.5. The maximum Gasteiger partial charge on any atom is 0.228 e. The van der Waals surface area contributed by atoms with Crippen LogP contribution in [0.4, 0.5) is 15.9 Å². The van der Waals surface area contributed by atoms with Crippen molar-refractivity contribution in [2.75, 3.05) is 18.2 Å². The highest BCUT2D eigenvalue weighted by Gasteiger charge is 2.25. The summed E-state index contributed by atoms with van der Waals surface area (Å²) in [6, 6.07) is 12.0.